The van der Waals surface area contributed by atoms with Crippen molar-refractivity contribution in [2.45, 2.75) is 154 Å². The fourth-order valence-corrected chi connectivity index (χ4v) is 5.48. The number of likely N-dealkylation sites (N-methyl/N-ethyl adjacent to an activating group) is 1. The first-order valence-electron chi connectivity index (χ1n) is 17.7. The number of carbonyl (C=O) groups is 1. The van der Waals surface area contributed by atoms with Crippen LogP contribution in [0, 0.1) is 0 Å². The first kappa shape index (κ1) is 43.0. The van der Waals surface area contributed by atoms with Crippen LogP contribution in [0.3, 0.4) is 0 Å². The Balaban J connectivity index is 4.54. The molecule has 3 atom stereocenters. The number of hydrogen-bond donors (Lipinski definition) is 2. The summed E-state index contributed by atoms with van der Waals surface area (Å²) in [6.07, 6.45) is 29.6. The standard InChI is InChI=1S/C35H69N2O6P/c1-6-8-10-12-14-15-16-17-18-19-20-21-22-23-24-26-28-34(38)33(36-35(39)29-27-25-13-11-9-7-2)32-43-44(40,41)42-31-30-37(3,4)5/h21-22,26,28,33-34,38H,6-20,23-25,27,29-32H2,1-5H3,(H-,36,39,40,41)/b22-21+,28-26+. The van der Waals surface area contributed by atoms with Gasteiger partial charge in [0.15, 0.2) is 0 Å². The summed E-state index contributed by atoms with van der Waals surface area (Å²) >= 11 is 0. The number of unbranched alkanes of at least 4 members (excludes halogenated alkanes) is 16. The zero-order valence-electron chi connectivity index (χ0n) is 29.1. The molecule has 0 saturated carbocycles. The Morgan fingerprint density at radius 1 is 0.773 bits per heavy atom. The highest BCUT2D eigenvalue weighted by molar-refractivity contribution is 7.45. The fraction of sp³-hybridized carbons (Fsp3) is 0.857. The monoisotopic (exact) mass is 644 g/mol. The summed E-state index contributed by atoms with van der Waals surface area (Å²) in [5.41, 5.74) is 0. The number of aliphatic hydroxyl groups excluding tert-OH is 1. The number of rotatable bonds is 31. The second kappa shape index (κ2) is 28.2. The topological polar surface area (TPSA) is 108 Å². The van der Waals surface area contributed by atoms with E-state index in [2.05, 4.69) is 31.3 Å². The van der Waals surface area contributed by atoms with Crippen LogP contribution in [0.2, 0.25) is 0 Å². The molecule has 260 valence electrons. The molecule has 0 aliphatic carbocycles. The molecule has 0 aromatic carbocycles. The van der Waals surface area contributed by atoms with E-state index in [1.54, 1.807) is 6.08 Å². The van der Waals surface area contributed by atoms with Gasteiger partial charge in [0.2, 0.25) is 5.91 Å². The van der Waals surface area contributed by atoms with E-state index >= 15 is 0 Å². The predicted octanol–water partition coefficient (Wildman–Crippen LogP) is 7.99. The predicted molar refractivity (Wildman–Crippen MR) is 182 cm³/mol. The van der Waals surface area contributed by atoms with Gasteiger partial charge in [0.05, 0.1) is 39.9 Å². The number of nitrogens with zero attached hydrogens (tertiary/aromatic N) is 1. The summed E-state index contributed by atoms with van der Waals surface area (Å²) in [6.45, 7) is 4.52. The van der Waals surface area contributed by atoms with Crippen LogP contribution < -0.4 is 10.2 Å². The molecule has 0 aromatic rings. The summed E-state index contributed by atoms with van der Waals surface area (Å²) in [5, 5.41) is 13.6. The van der Waals surface area contributed by atoms with Crippen molar-refractivity contribution in [2.24, 2.45) is 0 Å². The Morgan fingerprint density at radius 2 is 1.27 bits per heavy atom. The molecule has 0 radical (unpaired) electrons. The van der Waals surface area contributed by atoms with Gasteiger partial charge in [-0.05, 0) is 32.1 Å². The van der Waals surface area contributed by atoms with Crippen LogP contribution in [0.5, 0.6) is 0 Å². The average molecular weight is 645 g/mol. The lowest BCUT2D eigenvalue weighted by Crippen LogP contribution is -2.45. The minimum atomic E-state index is -4.57. The Bertz CT molecular complexity index is 784. The highest BCUT2D eigenvalue weighted by Gasteiger charge is 2.23. The largest absolute Gasteiger partial charge is 0.756 e. The lowest BCUT2D eigenvalue weighted by molar-refractivity contribution is -0.870. The Hall–Kier alpha value is -1.02. The van der Waals surface area contributed by atoms with Gasteiger partial charge < -0.3 is 28.8 Å². The van der Waals surface area contributed by atoms with Crippen LogP contribution in [0.1, 0.15) is 142 Å². The van der Waals surface area contributed by atoms with Crippen LogP contribution in [0.25, 0.3) is 0 Å². The van der Waals surface area contributed by atoms with Gasteiger partial charge in [-0.3, -0.25) is 9.36 Å². The molecular weight excluding hydrogens is 575 g/mol. The van der Waals surface area contributed by atoms with Crippen LogP contribution in [-0.4, -0.2) is 68.5 Å². The maximum absolute atomic E-state index is 12.6. The highest BCUT2D eigenvalue weighted by atomic mass is 31.2. The van der Waals surface area contributed by atoms with Crippen molar-refractivity contribution in [2.75, 3.05) is 40.9 Å². The minimum Gasteiger partial charge on any atom is -0.756 e. The number of allylic oxidation sites excluding steroid dienone is 3. The first-order chi connectivity index (χ1) is 21.0. The Labute approximate surface area is 271 Å². The van der Waals surface area contributed by atoms with Crippen LogP contribution >= 0.6 is 7.82 Å². The number of nitrogens with one attached hydrogen (secondary N) is 1. The van der Waals surface area contributed by atoms with E-state index in [9.17, 15) is 19.4 Å². The van der Waals surface area contributed by atoms with Gasteiger partial charge in [-0.25, -0.2) is 0 Å². The van der Waals surface area contributed by atoms with Crippen molar-refractivity contribution in [3.63, 3.8) is 0 Å². The van der Waals surface area contributed by atoms with E-state index in [1.807, 2.05) is 27.2 Å². The number of amides is 1. The number of hydrogen-bond acceptors (Lipinski definition) is 6. The molecule has 0 rings (SSSR count). The number of phosphoric ester groups is 1. The van der Waals surface area contributed by atoms with Crippen molar-refractivity contribution in [3.8, 4) is 0 Å². The van der Waals surface area contributed by atoms with Gasteiger partial charge in [-0.1, -0.05) is 128 Å². The van der Waals surface area contributed by atoms with E-state index in [-0.39, 0.29) is 12.5 Å². The average Bonchev–Trinajstić information content (AvgIpc) is 2.95. The lowest BCUT2D eigenvalue weighted by Gasteiger charge is -2.29. The van der Waals surface area contributed by atoms with Gasteiger partial charge in [-0.2, -0.15) is 0 Å². The fourth-order valence-electron chi connectivity index (χ4n) is 4.75. The van der Waals surface area contributed by atoms with E-state index in [0.717, 1.165) is 38.5 Å². The van der Waals surface area contributed by atoms with E-state index in [0.29, 0.717) is 17.4 Å². The molecule has 0 heterocycles. The molecule has 3 unspecified atom stereocenters. The summed E-state index contributed by atoms with van der Waals surface area (Å²) < 4.78 is 22.9. The van der Waals surface area contributed by atoms with Crippen LogP contribution in [0.15, 0.2) is 24.3 Å². The van der Waals surface area contributed by atoms with Gasteiger partial charge in [0.25, 0.3) is 7.82 Å². The van der Waals surface area contributed by atoms with Crippen molar-refractivity contribution in [1.82, 2.24) is 5.32 Å². The van der Waals surface area contributed by atoms with Gasteiger partial charge >= 0.3 is 0 Å². The van der Waals surface area contributed by atoms with Crippen LogP contribution in [-0.2, 0) is 18.4 Å². The summed E-state index contributed by atoms with van der Waals surface area (Å²) in [6, 6.07) is -0.894. The molecule has 0 saturated heterocycles. The SMILES string of the molecule is CCCCCCCCCCCC/C=C/CC/C=C/C(O)C(COP(=O)([O-])OCC[N+](C)(C)C)NC(=O)CCCCCCCC. The molecule has 0 bridgehead atoms. The smallest absolute Gasteiger partial charge is 0.268 e. The number of carbonyl (C=O) groups excluding carboxylic acids is 1. The molecule has 2 N–H and O–H groups in total. The second-order valence-corrected chi connectivity index (χ2v) is 14.6. The second-order valence-electron chi connectivity index (χ2n) is 13.2. The van der Waals surface area contributed by atoms with Crippen LogP contribution in [0.4, 0.5) is 0 Å². The Morgan fingerprint density at radius 3 is 1.84 bits per heavy atom. The van der Waals surface area contributed by atoms with Crippen molar-refractivity contribution in [1.29, 1.82) is 0 Å². The van der Waals surface area contributed by atoms with Gasteiger partial charge in [0, 0.05) is 6.42 Å². The van der Waals surface area contributed by atoms with E-state index in [4.69, 9.17) is 9.05 Å². The number of quaternary nitrogens is 1. The molecule has 44 heavy (non-hydrogen) atoms. The number of phosphoric acid groups is 1. The molecular formula is C35H69N2O6P. The molecule has 0 fully saturated rings. The number of aliphatic hydroxyl groups is 1. The molecule has 1 amide bonds. The molecule has 0 aliphatic heterocycles. The third kappa shape index (κ3) is 29.7. The molecule has 0 aromatic heterocycles. The lowest BCUT2D eigenvalue weighted by atomic mass is 10.1. The molecule has 8 nitrogen and oxygen atoms in total. The minimum absolute atomic E-state index is 0.00545. The maximum atomic E-state index is 12.6. The van der Waals surface area contributed by atoms with E-state index in [1.165, 1.54) is 83.5 Å². The van der Waals surface area contributed by atoms with Gasteiger partial charge in [-0.15, -0.1) is 0 Å². The highest BCUT2D eigenvalue weighted by Crippen LogP contribution is 2.38. The third-order valence-corrected chi connectivity index (χ3v) is 8.63. The van der Waals surface area contributed by atoms with Gasteiger partial charge in [0.1, 0.15) is 13.2 Å². The molecule has 9 heteroatoms. The summed E-state index contributed by atoms with van der Waals surface area (Å²) in [7, 11) is 1.24. The zero-order chi connectivity index (χ0) is 32.9. The van der Waals surface area contributed by atoms with Crippen molar-refractivity contribution in [3.05, 3.63) is 24.3 Å². The third-order valence-electron chi connectivity index (χ3n) is 7.66. The van der Waals surface area contributed by atoms with Crippen molar-refractivity contribution >= 4 is 13.7 Å². The first-order valence-corrected chi connectivity index (χ1v) is 19.2. The maximum Gasteiger partial charge on any atom is 0.268 e. The van der Waals surface area contributed by atoms with Crippen molar-refractivity contribution < 1.29 is 32.9 Å². The zero-order valence-corrected chi connectivity index (χ0v) is 30.0. The molecule has 0 aliphatic rings. The summed E-state index contributed by atoms with van der Waals surface area (Å²) in [4.78, 5) is 24.9. The Kier molecular flexibility index (Phi) is 27.6. The normalized spacial score (nSPS) is 15.2. The summed E-state index contributed by atoms with van der Waals surface area (Å²) in [5.74, 6) is -0.219. The molecule has 0 spiro atoms. The van der Waals surface area contributed by atoms with E-state index < -0.39 is 26.6 Å². The quantitative estimate of drug-likeness (QED) is 0.0343.